The van der Waals surface area contributed by atoms with Crippen molar-refractivity contribution in [2.45, 2.75) is 0 Å². The third-order valence-electron chi connectivity index (χ3n) is 4.80. The number of amides is 1. The highest BCUT2D eigenvalue weighted by atomic mass is 35.5. The Morgan fingerprint density at radius 3 is 2.63 bits per heavy atom. The van der Waals surface area contributed by atoms with E-state index in [1.807, 2.05) is 0 Å². The molecule has 1 saturated heterocycles. The lowest BCUT2D eigenvalue weighted by Gasteiger charge is -2.19. The zero-order valence-corrected chi connectivity index (χ0v) is 17.7. The lowest BCUT2D eigenvalue weighted by atomic mass is 10.1. The van der Waals surface area contributed by atoms with Crippen molar-refractivity contribution in [3.05, 3.63) is 53.2 Å². The Morgan fingerprint density at radius 1 is 1.20 bits per heavy atom. The van der Waals surface area contributed by atoms with E-state index >= 15 is 0 Å². The van der Waals surface area contributed by atoms with Gasteiger partial charge in [0.15, 0.2) is 11.4 Å². The van der Waals surface area contributed by atoms with E-state index in [-0.39, 0.29) is 12.5 Å². The largest absolute Gasteiger partial charge is 0.496 e. The molecule has 30 heavy (non-hydrogen) atoms. The number of methoxy groups -OCH3 is 1. The van der Waals surface area contributed by atoms with E-state index in [4.69, 9.17) is 33.3 Å². The molecular weight excluding hydrogens is 426 g/mol. The minimum Gasteiger partial charge on any atom is -0.496 e. The molecule has 0 spiro atoms. The van der Waals surface area contributed by atoms with Gasteiger partial charge in [-0.1, -0.05) is 11.6 Å². The molecule has 0 radical (unpaired) electrons. The average Bonchev–Trinajstić information content (AvgIpc) is 3.00. The van der Waals surface area contributed by atoms with Gasteiger partial charge in [-0.15, -0.1) is 0 Å². The predicted molar refractivity (Wildman–Crippen MR) is 118 cm³/mol. The van der Waals surface area contributed by atoms with Crippen LogP contribution in [-0.4, -0.2) is 47.9 Å². The van der Waals surface area contributed by atoms with Gasteiger partial charge >= 0.3 is 0 Å². The lowest BCUT2D eigenvalue weighted by molar-refractivity contribution is -0.123. The van der Waals surface area contributed by atoms with Crippen LogP contribution in [0.4, 0.5) is 5.69 Å². The molecule has 0 bridgehead atoms. The lowest BCUT2D eigenvalue weighted by Crippen LogP contribution is -2.29. The highest BCUT2D eigenvalue weighted by Crippen LogP contribution is 2.36. The van der Waals surface area contributed by atoms with Crippen molar-refractivity contribution in [3.8, 4) is 17.2 Å². The zero-order chi connectivity index (χ0) is 21.4. The van der Waals surface area contributed by atoms with Crippen molar-refractivity contribution < 1.29 is 19.1 Å². The molecule has 152 valence electrons. The molecule has 0 unspecified atom stereocenters. The van der Waals surface area contributed by atoms with Crippen LogP contribution in [0.15, 0.2) is 42.6 Å². The van der Waals surface area contributed by atoms with Crippen molar-refractivity contribution in [3.63, 3.8) is 0 Å². The topological polar surface area (TPSA) is 72.0 Å². The smallest absolute Gasteiger partial charge is 0.248 e. The highest BCUT2D eigenvalue weighted by Gasteiger charge is 2.31. The summed E-state index contributed by atoms with van der Waals surface area (Å²) in [5.74, 6) is 1.35. The number of nitrogens with zero attached hydrogens (tertiary/aromatic N) is 3. The van der Waals surface area contributed by atoms with Gasteiger partial charge in [0.1, 0.15) is 23.8 Å². The van der Waals surface area contributed by atoms with Gasteiger partial charge < -0.3 is 14.4 Å². The van der Waals surface area contributed by atoms with Gasteiger partial charge in [0, 0.05) is 30.8 Å². The molecule has 1 aromatic heterocycles. The molecule has 0 aliphatic carbocycles. The Morgan fingerprint density at radius 2 is 2.00 bits per heavy atom. The molecule has 4 rings (SSSR count). The number of fused-ring (bicyclic) bond motifs is 1. The molecule has 1 aliphatic rings. The second kappa shape index (κ2) is 7.89. The molecule has 9 heteroatoms. The number of carbonyl (C=O) groups excluding carboxylic acids is 2. The van der Waals surface area contributed by atoms with E-state index < -0.39 is 0 Å². The molecular formula is C21H16ClN3O4S. The first-order valence-corrected chi connectivity index (χ1v) is 9.69. The van der Waals surface area contributed by atoms with Crippen molar-refractivity contribution in [1.29, 1.82) is 0 Å². The summed E-state index contributed by atoms with van der Waals surface area (Å²) in [5, 5.41) is 1.45. The fourth-order valence-corrected chi connectivity index (χ4v) is 3.74. The summed E-state index contributed by atoms with van der Waals surface area (Å²) in [6, 6.07) is 10.2. The number of benzene rings is 2. The van der Waals surface area contributed by atoms with Gasteiger partial charge in [0.25, 0.3) is 0 Å². The quantitative estimate of drug-likeness (QED) is 0.436. The summed E-state index contributed by atoms with van der Waals surface area (Å²) in [5.41, 5.74) is 1.65. The van der Waals surface area contributed by atoms with Gasteiger partial charge in [0.05, 0.1) is 28.9 Å². The van der Waals surface area contributed by atoms with Crippen LogP contribution in [0.25, 0.3) is 10.9 Å². The SMILES string of the molecule is COc1cc2nccc(Oc3ccc(N4CC(=O)N(C)C4=S)c(Cl)c3)c2cc1C=O. The van der Waals surface area contributed by atoms with Gasteiger partial charge in [-0.05, 0) is 36.5 Å². The Hall–Kier alpha value is -3.23. The van der Waals surface area contributed by atoms with Gasteiger partial charge in [-0.2, -0.15) is 0 Å². The summed E-state index contributed by atoms with van der Waals surface area (Å²) in [4.78, 5) is 30.7. The maximum absolute atomic E-state index is 11.9. The van der Waals surface area contributed by atoms with Gasteiger partial charge in [0.2, 0.25) is 5.91 Å². The average molecular weight is 442 g/mol. The number of thiocarbonyl (C=S) groups is 1. The first-order chi connectivity index (χ1) is 14.4. The Balaban J connectivity index is 1.68. The van der Waals surface area contributed by atoms with E-state index in [0.29, 0.717) is 49.5 Å². The second-order valence-electron chi connectivity index (χ2n) is 6.58. The predicted octanol–water partition coefficient (Wildman–Crippen LogP) is 4.06. The highest BCUT2D eigenvalue weighted by molar-refractivity contribution is 7.80. The van der Waals surface area contributed by atoms with Crippen LogP contribution in [0.1, 0.15) is 10.4 Å². The molecule has 0 atom stereocenters. The first kappa shape index (κ1) is 20.1. The van der Waals surface area contributed by atoms with Crippen LogP contribution < -0.4 is 14.4 Å². The summed E-state index contributed by atoms with van der Waals surface area (Å²) < 4.78 is 11.3. The molecule has 1 aliphatic heterocycles. The fraction of sp³-hybridized carbons (Fsp3) is 0.143. The zero-order valence-electron chi connectivity index (χ0n) is 16.1. The van der Waals surface area contributed by atoms with Crippen molar-refractivity contribution in [2.24, 2.45) is 0 Å². The Bertz CT molecular complexity index is 1200. The molecule has 7 nitrogen and oxygen atoms in total. The van der Waals surface area contributed by atoms with E-state index in [1.54, 1.807) is 54.5 Å². The number of anilines is 1. The van der Waals surface area contributed by atoms with Crippen molar-refractivity contribution >= 4 is 57.7 Å². The van der Waals surface area contributed by atoms with Crippen LogP contribution in [0.5, 0.6) is 17.2 Å². The molecule has 2 aromatic carbocycles. The van der Waals surface area contributed by atoms with E-state index in [1.165, 1.54) is 12.0 Å². The van der Waals surface area contributed by atoms with Crippen LogP contribution in [0.2, 0.25) is 5.02 Å². The molecule has 1 amide bonds. The number of rotatable bonds is 5. The molecule has 2 heterocycles. The fourth-order valence-electron chi connectivity index (χ4n) is 3.20. The number of halogens is 1. The number of aldehydes is 1. The normalized spacial score (nSPS) is 13.8. The number of pyridine rings is 1. The van der Waals surface area contributed by atoms with E-state index in [9.17, 15) is 9.59 Å². The van der Waals surface area contributed by atoms with Gasteiger partial charge in [-0.25, -0.2) is 0 Å². The Labute approximate surface area is 182 Å². The number of hydrogen-bond donors (Lipinski definition) is 0. The number of aromatic nitrogens is 1. The number of likely N-dealkylation sites (N-methyl/N-ethyl adjacent to an activating group) is 1. The molecule has 1 fully saturated rings. The van der Waals surface area contributed by atoms with Crippen molar-refractivity contribution in [2.75, 3.05) is 25.6 Å². The minimum atomic E-state index is -0.0962. The van der Waals surface area contributed by atoms with Crippen LogP contribution >= 0.6 is 23.8 Å². The maximum atomic E-state index is 11.9. The standard InChI is InChI=1S/C21H16ClN3O4S/c1-24-20(27)10-25(21(24)30)17-4-3-13(8-15(17)22)29-18-5-6-23-16-9-19(28-2)12(11-26)7-14(16)18/h3-9,11H,10H2,1-2H3. The van der Waals surface area contributed by atoms with Crippen molar-refractivity contribution in [1.82, 2.24) is 9.88 Å². The number of ether oxygens (including phenoxy) is 2. The van der Waals surface area contributed by atoms with Crippen LogP contribution in [-0.2, 0) is 4.79 Å². The minimum absolute atomic E-state index is 0.0962. The van der Waals surface area contributed by atoms with Gasteiger partial charge in [-0.3, -0.25) is 19.5 Å². The van der Waals surface area contributed by atoms with E-state index in [2.05, 4.69) is 4.98 Å². The first-order valence-electron chi connectivity index (χ1n) is 8.90. The summed E-state index contributed by atoms with van der Waals surface area (Å²) in [6.07, 6.45) is 2.33. The second-order valence-corrected chi connectivity index (χ2v) is 7.35. The summed E-state index contributed by atoms with van der Waals surface area (Å²) in [6.45, 7) is 0.139. The third-order valence-corrected chi connectivity index (χ3v) is 5.60. The molecule has 3 aromatic rings. The third kappa shape index (κ3) is 3.44. The number of carbonyl (C=O) groups is 2. The summed E-state index contributed by atoms with van der Waals surface area (Å²) >= 11 is 11.8. The molecule has 0 saturated carbocycles. The maximum Gasteiger partial charge on any atom is 0.248 e. The summed E-state index contributed by atoms with van der Waals surface area (Å²) in [7, 11) is 3.13. The van der Waals surface area contributed by atoms with Crippen LogP contribution in [0, 0.1) is 0 Å². The van der Waals surface area contributed by atoms with Crippen LogP contribution in [0.3, 0.4) is 0 Å². The Kier molecular flexibility index (Phi) is 5.27. The number of hydrogen-bond acceptors (Lipinski definition) is 6. The van der Waals surface area contributed by atoms with E-state index in [0.717, 1.165) is 6.29 Å². The molecule has 0 N–H and O–H groups in total. The monoisotopic (exact) mass is 441 g/mol.